The Morgan fingerprint density at radius 2 is 1.89 bits per heavy atom. The van der Waals surface area contributed by atoms with E-state index in [0.29, 0.717) is 28.9 Å². The molecule has 3 aromatic rings. The monoisotopic (exact) mass is 385 g/mol. The van der Waals surface area contributed by atoms with E-state index in [-0.39, 0.29) is 11.7 Å². The van der Waals surface area contributed by atoms with Crippen LogP contribution in [0.5, 0.6) is 11.5 Å². The summed E-state index contributed by atoms with van der Waals surface area (Å²) in [5.41, 5.74) is 1.48. The van der Waals surface area contributed by atoms with Crippen LogP contribution in [0.25, 0.3) is 11.4 Å². The van der Waals surface area contributed by atoms with Crippen LogP contribution in [0.2, 0.25) is 0 Å². The Morgan fingerprint density at radius 3 is 2.63 bits per heavy atom. The molecule has 0 fully saturated rings. The second kappa shape index (κ2) is 9.09. The third-order valence-electron chi connectivity index (χ3n) is 3.66. The Kier molecular flexibility index (Phi) is 6.32. The van der Waals surface area contributed by atoms with Gasteiger partial charge in [0.15, 0.2) is 0 Å². The average molecular weight is 385 g/mol. The Morgan fingerprint density at radius 1 is 1.11 bits per heavy atom. The predicted octanol–water partition coefficient (Wildman–Crippen LogP) is 3.63. The van der Waals surface area contributed by atoms with E-state index in [1.807, 2.05) is 36.4 Å². The molecule has 0 bridgehead atoms. The maximum atomic E-state index is 12.1. The summed E-state index contributed by atoms with van der Waals surface area (Å²) in [5.74, 6) is 2.94. The Balaban J connectivity index is 1.50. The van der Waals surface area contributed by atoms with Gasteiger partial charge in [-0.15, -0.1) is 11.8 Å². The SMILES string of the molecule is COc1ccc(-c2noc(CSCC(=O)Nc3ccccc3OC)n2)cc1. The van der Waals surface area contributed by atoms with Gasteiger partial charge in [-0.25, -0.2) is 0 Å². The number of carbonyl (C=O) groups excluding carboxylic acids is 1. The molecule has 7 nitrogen and oxygen atoms in total. The topological polar surface area (TPSA) is 86.5 Å². The van der Waals surface area contributed by atoms with Crippen LogP contribution in [-0.4, -0.2) is 36.0 Å². The van der Waals surface area contributed by atoms with E-state index in [2.05, 4.69) is 15.5 Å². The van der Waals surface area contributed by atoms with Crippen LogP contribution in [0.1, 0.15) is 5.89 Å². The van der Waals surface area contributed by atoms with Crippen LogP contribution in [-0.2, 0) is 10.5 Å². The van der Waals surface area contributed by atoms with E-state index < -0.39 is 0 Å². The molecule has 1 N–H and O–H groups in total. The lowest BCUT2D eigenvalue weighted by Gasteiger charge is -2.09. The molecular formula is C19H19N3O4S. The summed E-state index contributed by atoms with van der Waals surface area (Å²) in [7, 11) is 3.18. The number of carbonyl (C=O) groups is 1. The Labute approximate surface area is 161 Å². The summed E-state index contributed by atoms with van der Waals surface area (Å²) in [6.45, 7) is 0. The van der Waals surface area contributed by atoms with Crippen molar-refractivity contribution >= 4 is 23.4 Å². The highest BCUT2D eigenvalue weighted by Gasteiger charge is 2.11. The van der Waals surface area contributed by atoms with Gasteiger partial charge in [0.05, 0.1) is 31.4 Å². The molecule has 2 aromatic carbocycles. The number of aromatic nitrogens is 2. The van der Waals surface area contributed by atoms with Crippen LogP contribution >= 0.6 is 11.8 Å². The molecule has 0 radical (unpaired) electrons. The number of hydrogen-bond acceptors (Lipinski definition) is 7. The second-order valence-corrected chi connectivity index (χ2v) is 6.47. The molecule has 8 heteroatoms. The van der Waals surface area contributed by atoms with Crippen LogP contribution in [0.3, 0.4) is 0 Å². The quantitative estimate of drug-likeness (QED) is 0.634. The number of thioether (sulfide) groups is 1. The van der Waals surface area contributed by atoms with Gasteiger partial charge in [0.1, 0.15) is 11.5 Å². The maximum absolute atomic E-state index is 12.1. The van der Waals surface area contributed by atoms with E-state index >= 15 is 0 Å². The van der Waals surface area contributed by atoms with E-state index in [1.165, 1.54) is 11.8 Å². The van der Waals surface area contributed by atoms with Crippen molar-refractivity contribution in [3.05, 3.63) is 54.4 Å². The van der Waals surface area contributed by atoms with Gasteiger partial charge in [-0.05, 0) is 36.4 Å². The number of rotatable bonds is 8. The van der Waals surface area contributed by atoms with E-state index in [1.54, 1.807) is 26.4 Å². The lowest BCUT2D eigenvalue weighted by molar-refractivity contribution is -0.113. The third kappa shape index (κ3) is 5.01. The third-order valence-corrected chi connectivity index (χ3v) is 4.57. The lowest BCUT2D eigenvalue weighted by atomic mass is 10.2. The molecule has 1 heterocycles. The number of hydrogen-bond donors (Lipinski definition) is 1. The number of ether oxygens (including phenoxy) is 2. The van der Waals surface area contributed by atoms with Crippen LogP contribution in [0.4, 0.5) is 5.69 Å². The highest BCUT2D eigenvalue weighted by molar-refractivity contribution is 7.99. The normalized spacial score (nSPS) is 10.4. The fraction of sp³-hybridized carbons (Fsp3) is 0.211. The first kappa shape index (κ1) is 18.8. The molecule has 0 saturated carbocycles. The minimum Gasteiger partial charge on any atom is -0.497 e. The number of anilines is 1. The van der Waals surface area contributed by atoms with Gasteiger partial charge in [0.25, 0.3) is 0 Å². The van der Waals surface area contributed by atoms with E-state index in [4.69, 9.17) is 14.0 Å². The first-order valence-electron chi connectivity index (χ1n) is 8.17. The number of para-hydroxylation sites is 2. The summed E-state index contributed by atoms with van der Waals surface area (Å²) in [6.07, 6.45) is 0. The molecular weight excluding hydrogens is 366 g/mol. The molecule has 0 saturated heterocycles. The van der Waals surface area contributed by atoms with Crippen molar-refractivity contribution in [3.63, 3.8) is 0 Å². The number of nitrogens with zero attached hydrogens (tertiary/aromatic N) is 2. The standard InChI is InChI=1S/C19H19N3O4S/c1-24-14-9-7-13(8-10-14)19-21-18(26-22-19)12-27-11-17(23)20-15-5-3-4-6-16(15)25-2/h3-10H,11-12H2,1-2H3,(H,20,23). The zero-order valence-corrected chi connectivity index (χ0v) is 15.8. The van der Waals surface area contributed by atoms with Gasteiger partial charge < -0.3 is 19.3 Å². The van der Waals surface area contributed by atoms with Crippen molar-refractivity contribution in [1.82, 2.24) is 10.1 Å². The van der Waals surface area contributed by atoms with Crippen molar-refractivity contribution in [1.29, 1.82) is 0 Å². The minimum absolute atomic E-state index is 0.126. The number of benzene rings is 2. The fourth-order valence-corrected chi connectivity index (χ4v) is 2.99. The highest BCUT2D eigenvalue weighted by atomic mass is 32.2. The Hall–Kier alpha value is -3.00. The molecule has 0 aliphatic carbocycles. The van der Waals surface area contributed by atoms with E-state index in [9.17, 15) is 4.79 Å². The lowest BCUT2D eigenvalue weighted by Crippen LogP contribution is -2.14. The summed E-state index contributed by atoms with van der Waals surface area (Å²) in [6, 6.07) is 14.7. The second-order valence-electron chi connectivity index (χ2n) is 5.48. The summed E-state index contributed by atoms with van der Waals surface area (Å²) < 4.78 is 15.6. The first-order chi connectivity index (χ1) is 13.2. The number of amides is 1. The van der Waals surface area contributed by atoms with Gasteiger partial charge in [-0.1, -0.05) is 17.3 Å². The maximum Gasteiger partial charge on any atom is 0.236 e. The predicted molar refractivity (Wildman–Crippen MR) is 104 cm³/mol. The first-order valence-corrected chi connectivity index (χ1v) is 9.32. The fourth-order valence-electron chi connectivity index (χ4n) is 2.34. The van der Waals surface area contributed by atoms with Gasteiger partial charge in [-0.2, -0.15) is 4.98 Å². The minimum atomic E-state index is -0.126. The van der Waals surface area contributed by atoms with Crippen LogP contribution in [0, 0.1) is 0 Å². The molecule has 0 aliphatic rings. The molecule has 27 heavy (non-hydrogen) atoms. The molecule has 140 valence electrons. The number of nitrogens with one attached hydrogen (secondary N) is 1. The van der Waals surface area contributed by atoms with Gasteiger partial charge in [0.2, 0.25) is 17.6 Å². The van der Waals surface area contributed by atoms with Gasteiger partial charge >= 0.3 is 0 Å². The van der Waals surface area contributed by atoms with Crippen molar-refractivity contribution in [2.24, 2.45) is 0 Å². The Bertz CT molecular complexity index is 896. The zero-order chi connectivity index (χ0) is 19.1. The van der Waals surface area contributed by atoms with E-state index in [0.717, 1.165) is 11.3 Å². The van der Waals surface area contributed by atoms with Gasteiger partial charge in [-0.3, -0.25) is 4.79 Å². The largest absolute Gasteiger partial charge is 0.497 e. The smallest absolute Gasteiger partial charge is 0.236 e. The van der Waals surface area contributed by atoms with Crippen LogP contribution in [0.15, 0.2) is 53.1 Å². The van der Waals surface area contributed by atoms with Crippen molar-refractivity contribution in [3.8, 4) is 22.9 Å². The van der Waals surface area contributed by atoms with Crippen molar-refractivity contribution in [2.75, 3.05) is 25.3 Å². The molecule has 3 rings (SSSR count). The summed E-state index contributed by atoms with van der Waals surface area (Å²) in [5, 5.41) is 6.80. The summed E-state index contributed by atoms with van der Waals surface area (Å²) >= 11 is 1.39. The zero-order valence-electron chi connectivity index (χ0n) is 15.0. The van der Waals surface area contributed by atoms with Gasteiger partial charge in [0, 0.05) is 5.56 Å². The van der Waals surface area contributed by atoms with Crippen molar-refractivity contribution in [2.45, 2.75) is 5.75 Å². The molecule has 0 atom stereocenters. The summed E-state index contributed by atoms with van der Waals surface area (Å²) in [4.78, 5) is 16.4. The molecule has 1 aromatic heterocycles. The number of methoxy groups -OCH3 is 2. The molecule has 0 unspecified atom stereocenters. The van der Waals surface area contributed by atoms with Crippen LogP contribution < -0.4 is 14.8 Å². The molecule has 0 aliphatic heterocycles. The average Bonchev–Trinajstić information content (AvgIpc) is 3.17. The molecule has 1 amide bonds. The molecule has 0 spiro atoms. The highest BCUT2D eigenvalue weighted by Crippen LogP contribution is 2.24. The van der Waals surface area contributed by atoms with Crippen molar-refractivity contribution < 1.29 is 18.8 Å².